The Hall–Kier alpha value is -1.62. The first-order valence-electron chi connectivity index (χ1n) is 6.79. The van der Waals surface area contributed by atoms with Crippen molar-refractivity contribution in [2.24, 2.45) is 0 Å². The number of quaternary nitrogens is 1. The van der Waals surface area contributed by atoms with Crippen molar-refractivity contribution in [3.63, 3.8) is 0 Å². The molecule has 0 aliphatic rings. The van der Waals surface area contributed by atoms with Crippen molar-refractivity contribution in [3.8, 4) is 0 Å². The average molecular weight is 342 g/mol. The summed E-state index contributed by atoms with van der Waals surface area (Å²) in [5, 5.41) is 5.33. The van der Waals surface area contributed by atoms with Crippen molar-refractivity contribution >= 4 is 34.8 Å². The molecule has 116 valence electrons. The fourth-order valence-corrected chi connectivity index (χ4v) is 2.36. The number of nitrogens with one attached hydrogen (secondary N) is 1. The Labute approximate surface area is 138 Å². The van der Waals surface area contributed by atoms with E-state index in [0.29, 0.717) is 5.02 Å². The molecule has 0 heterocycles. The van der Waals surface area contributed by atoms with Crippen LogP contribution in [0.15, 0.2) is 42.5 Å². The van der Waals surface area contributed by atoms with Crippen molar-refractivity contribution in [1.82, 2.24) is 0 Å². The van der Waals surface area contributed by atoms with Gasteiger partial charge in [0.2, 0.25) is 0 Å². The van der Waals surface area contributed by atoms with Gasteiger partial charge in [0.05, 0.1) is 5.69 Å². The number of hydrogen-bond donors (Lipinski definition) is 2. The number of amides is 1. The third kappa shape index (κ3) is 4.70. The van der Waals surface area contributed by atoms with E-state index >= 15 is 0 Å². The summed E-state index contributed by atoms with van der Waals surface area (Å²) in [5.74, 6) is -0.834. The number of anilines is 1. The Morgan fingerprint density at radius 2 is 1.95 bits per heavy atom. The summed E-state index contributed by atoms with van der Waals surface area (Å²) < 4.78 is 13.6. The van der Waals surface area contributed by atoms with E-state index in [1.807, 2.05) is 30.4 Å². The first-order valence-corrected chi connectivity index (χ1v) is 7.55. The summed E-state index contributed by atoms with van der Waals surface area (Å²) in [5.41, 5.74) is 1.15. The predicted molar refractivity (Wildman–Crippen MR) is 86.7 cm³/mol. The van der Waals surface area contributed by atoms with Crippen LogP contribution in [0.4, 0.5) is 10.1 Å². The lowest BCUT2D eigenvalue weighted by Gasteiger charge is -2.12. The molecule has 0 saturated heterocycles. The van der Waals surface area contributed by atoms with E-state index in [1.54, 1.807) is 6.07 Å². The maximum absolute atomic E-state index is 13.6. The largest absolute Gasteiger partial charge is 0.333 e. The van der Waals surface area contributed by atoms with E-state index in [9.17, 15) is 9.18 Å². The van der Waals surface area contributed by atoms with Crippen LogP contribution in [0.25, 0.3) is 0 Å². The molecule has 2 aromatic carbocycles. The van der Waals surface area contributed by atoms with Gasteiger partial charge in [0.15, 0.2) is 6.54 Å². The number of carbonyl (C=O) groups excluding carboxylic acids is 1. The highest BCUT2D eigenvalue weighted by Gasteiger charge is 2.13. The van der Waals surface area contributed by atoms with Gasteiger partial charge in [-0.15, -0.1) is 0 Å². The van der Waals surface area contributed by atoms with E-state index in [1.165, 1.54) is 12.1 Å². The van der Waals surface area contributed by atoms with Crippen LogP contribution in [0.5, 0.6) is 0 Å². The fraction of sp³-hybridized carbons (Fsp3) is 0.188. The van der Waals surface area contributed by atoms with E-state index in [0.717, 1.165) is 11.6 Å². The van der Waals surface area contributed by atoms with E-state index < -0.39 is 5.82 Å². The lowest BCUT2D eigenvalue weighted by molar-refractivity contribution is -0.682. The number of nitrogens with two attached hydrogens (primary N) is 1. The van der Waals surface area contributed by atoms with E-state index in [2.05, 4.69) is 5.32 Å². The van der Waals surface area contributed by atoms with Crippen molar-refractivity contribution in [2.75, 3.05) is 11.9 Å². The second kappa shape index (κ2) is 7.58. The standard InChI is InChI=1S/C16H15Cl2FN2O/c1-10(11-3-2-4-12(17)7-11)20-9-16(22)21-15-6-5-13(18)8-14(15)19/h2-8,10,20H,9H2,1H3,(H,21,22)/p+1/t10-/m0/s1. The maximum atomic E-state index is 13.6. The first kappa shape index (κ1) is 16.7. The number of rotatable bonds is 5. The number of carbonyl (C=O) groups is 1. The van der Waals surface area contributed by atoms with Gasteiger partial charge in [-0.1, -0.05) is 35.3 Å². The molecule has 0 spiro atoms. The molecular weight excluding hydrogens is 326 g/mol. The predicted octanol–water partition coefficient (Wildman–Crippen LogP) is 3.40. The molecule has 0 aliphatic carbocycles. The minimum Gasteiger partial charge on any atom is -0.333 e. The molecule has 22 heavy (non-hydrogen) atoms. The first-order chi connectivity index (χ1) is 10.5. The van der Waals surface area contributed by atoms with Gasteiger partial charge in [0.25, 0.3) is 5.91 Å². The van der Waals surface area contributed by atoms with Crippen LogP contribution in [0.3, 0.4) is 0 Å². The minimum atomic E-state index is -0.552. The summed E-state index contributed by atoms with van der Waals surface area (Å²) in [6, 6.07) is 11.7. The Morgan fingerprint density at radius 1 is 1.23 bits per heavy atom. The Bertz CT molecular complexity index is 679. The number of benzene rings is 2. The molecule has 3 nitrogen and oxygen atoms in total. The molecule has 0 aromatic heterocycles. The van der Waals surface area contributed by atoms with Gasteiger partial charge in [-0.05, 0) is 37.3 Å². The van der Waals surface area contributed by atoms with Crippen LogP contribution in [0, 0.1) is 5.82 Å². The molecule has 2 rings (SSSR count). The van der Waals surface area contributed by atoms with Gasteiger partial charge in [-0.3, -0.25) is 4.79 Å². The summed E-state index contributed by atoms with van der Waals surface area (Å²) in [7, 11) is 0. The summed E-state index contributed by atoms with van der Waals surface area (Å²) in [4.78, 5) is 11.9. The lowest BCUT2D eigenvalue weighted by Crippen LogP contribution is -2.86. The molecule has 2 aromatic rings. The molecule has 0 aliphatic heterocycles. The van der Waals surface area contributed by atoms with Crippen molar-refractivity contribution < 1.29 is 14.5 Å². The molecule has 0 saturated carbocycles. The van der Waals surface area contributed by atoms with Gasteiger partial charge >= 0.3 is 0 Å². The molecule has 1 atom stereocenters. The highest BCUT2D eigenvalue weighted by molar-refractivity contribution is 6.30. The second-order valence-corrected chi connectivity index (χ2v) is 5.83. The van der Waals surface area contributed by atoms with Gasteiger partial charge in [0.1, 0.15) is 11.9 Å². The lowest BCUT2D eigenvalue weighted by atomic mass is 10.1. The Morgan fingerprint density at radius 3 is 2.64 bits per heavy atom. The van der Waals surface area contributed by atoms with Crippen LogP contribution in [-0.4, -0.2) is 12.5 Å². The Kier molecular flexibility index (Phi) is 5.77. The quantitative estimate of drug-likeness (QED) is 0.860. The van der Waals surface area contributed by atoms with Crippen LogP contribution in [0.2, 0.25) is 10.0 Å². The maximum Gasteiger partial charge on any atom is 0.279 e. The van der Waals surface area contributed by atoms with Crippen LogP contribution >= 0.6 is 23.2 Å². The molecule has 0 bridgehead atoms. The van der Waals surface area contributed by atoms with E-state index in [4.69, 9.17) is 23.2 Å². The van der Waals surface area contributed by atoms with Crippen LogP contribution < -0.4 is 10.6 Å². The highest BCUT2D eigenvalue weighted by Crippen LogP contribution is 2.18. The van der Waals surface area contributed by atoms with Crippen molar-refractivity contribution in [2.45, 2.75) is 13.0 Å². The van der Waals surface area contributed by atoms with Gasteiger partial charge in [-0.25, -0.2) is 4.39 Å². The zero-order valence-corrected chi connectivity index (χ0v) is 13.5. The zero-order valence-electron chi connectivity index (χ0n) is 11.9. The van der Waals surface area contributed by atoms with Crippen molar-refractivity contribution in [3.05, 3.63) is 63.9 Å². The number of halogens is 3. The van der Waals surface area contributed by atoms with Crippen LogP contribution in [0.1, 0.15) is 18.5 Å². The molecular formula is C16H16Cl2FN2O+. The Balaban J connectivity index is 1.90. The average Bonchev–Trinajstić information content (AvgIpc) is 2.47. The van der Waals surface area contributed by atoms with Gasteiger partial charge in [0, 0.05) is 15.6 Å². The highest BCUT2D eigenvalue weighted by atomic mass is 35.5. The topological polar surface area (TPSA) is 45.7 Å². The third-order valence-electron chi connectivity index (χ3n) is 3.24. The van der Waals surface area contributed by atoms with Crippen LogP contribution in [-0.2, 0) is 4.79 Å². The molecule has 3 N–H and O–H groups in total. The normalized spacial score (nSPS) is 12.0. The third-order valence-corrected chi connectivity index (χ3v) is 3.71. The number of hydrogen-bond acceptors (Lipinski definition) is 1. The van der Waals surface area contributed by atoms with E-state index in [-0.39, 0.29) is 29.2 Å². The molecule has 6 heteroatoms. The van der Waals surface area contributed by atoms with Gasteiger partial charge < -0.3 is 10.6 Å². The summed E-state index contributed by atoms with van der Waals surface area (Å²) >= 11 is 11.6. The smallest absolute Gasteiger partial charge is 0.279 e. The molecule has 0 radical (unpaired) electrons. The zero-order chi connectivity index (χ0) is 16.1. The SMILES string of the molecule is C[C@H]([NH2+]CC(=O)Nc1ccc(Cl)cc1F)c1cccc(Cl)c1. The second-order valence-electron chi connectivity index (χ2n) is 4.96. The van der Waals surface area contributed by atoms with Crippen molar-refractivity contribution in [1.29, 1.82) is 0 Å². The minimum absolute atomic E-state index is 0.0690. The summed E-state index contributed by atoms with van der Waals surface area (Å²) in [6.07, 6.45) is 0. The molecule has 1 amide bonds. The fourth-order valence-electron chi connectivity index (χ4n) is 2.00. The molecule has 0 fully saturated rings. The monoisotopic (exact) mass is 341 g/mol. The van der Waals surface area contributed by atoms with Gasteiger partial charge in [-0.2, -0.15) is 0 Å². The summed E-state index contributed by atoms with van der Waals surface area (Å²) in [6.45, 7) is 2.15. The molecule has 0 unspecified atom stereocenters.